The van der Waals surface area contributed by atoms with Crippen LogP contribution in [0.4, 0.5) is 5.82 Å². The van der Waals surface area contributed by atoms with Crippen LogP contribution in [0.5, 0.6) is 5.88 Å². The summed E-state index contributed by atoms with van der Waals surface area (Å²) >= 11 is 0. The quantitative estimate of drug-likeness (QED) is 0.712. The van der Waals surface area contributed by atoms with Gasteiger partial charge in [0.05, 0.1) is 19.0 Å². The van der Waals surface area contributed by atoms with Gasteiger partial charge in [-0.25, -0.2) is 0 Å². The van der Waals surface area contributed by atoms with Crippen LogP contribution in [0, 0.1) is 5.92 Å². The normalized spacial score (nSPS) is 10.7. The predicted molar refractivity (Wildman–Crippen MR) is 74.2 cm³/mol. The average Bonchev–Trinajstić information content (AvgIpc) is 2.35. The second-order valence-electron chi connectivity index (χ2n) is 4.67. The monoisotopic (exact) mass is 252 g/mol. The minimum absolute atomic E-state index is 0.581. The number of anilines is 1. The van der Waals surface area contributed by atoms with Crippen LogP contribution in [0.3, 0.4) is 0 Å². The Bertz CT molecular complexity index is 344. The van der Waals surface area contributed by atoms with Crippen LogP contribution >= 0.6 is 0 Å². The molecule has 0 aliphatic rings. The van der Waals surface area contributed by atoms with Gasteiger partial charge in [0.1, 0.15) is 0 Å². The van der Waals surface area contributed by atoms with E-state index >= 15 is 0 Å². The lowest BCUT2D eigenvalue weighted by molar-refractivity contribution is 0.325. The highest BCUT2D eigenvalue weighted by molar-refractivity contribution is 5.36. The van der Waals surface area contributed by atoms with Crippen molar-refractivity contribution in [2.45, 2.75) is 20.8 Å². The number of likely N-dealkylation sites (N-methyl/N-ethyl adjacent to an activating group) is 1. The van der Waals surface area contributed by atoms with Crippen molar-refractivity contribution in [3.05, 3.63) is 12.4 Å². The summed E-state index contributed by atoms with van der Waals surface area (Å²) in [5, 5.41) is 3.40. The van der Waals surface area contributed by atoms with Gasteiger partial charge in [-0.05, 0) is 19.4 Å². The van der Waals surface area contributed by atoms with Crippen LogP contribution in [-0.2, 0) is 0 Å². The third-order valence-corrected chi connectivity index (χ3v) is 2.46. The summed E-state index contributed by atoms with van der Waals surface area (Å²) in [4.78, 5) is 10.6. The lowest BCUT2D eigenvalue weighted by Crippen LogP contribution is -2.31. The molecule has 0 aliphatic carbocycles. The highest BCUT2D eigenvalue weighted by Crippen LogP contribution is 2.11. The molecule has 18 heavy (non-hydrogen) atoms. The molecule has 102 valence electrons. The number of hydrogen-bond donors (Lipinski definition) is 1. The fourth-order valence-electron chi connectivity index (χ4n) is 1.49. The van der Waals surface area contributed by atoms with E-state index in [4.69, 9.17) is 4.74 Å². The molecule has 0 saturated heterocycles. The molecule has 0 aromatic carbocycles. The molecule has 0 atom stereocenters. The van der Waals surface area contributed by atoms with Crippen molar-refractivity contribution >= 4 is 5.82 Å². The zero-order valence-corrected chi connectivity index (χ0v) is 11.8. The summed E-state index contributed by atoms with van der Waals surface area (Å²) in [6, 6.07) is 0. The molecule has 0 spiro atoms. The first-order valence-electron chi connectivity index (χ1n) is 6.50. The van der Waals surface area contributed by atoms with E-state index in [0.717, 1.165) is 25.5 Å². The molecule has 0 bridgehead atoms. The van der Waals surface area contributed by atoms with E-state index in [9.17, 15) is 0 Å². The fraction of sp³-hybridized carbons (Fsp3) is 0.692. The Labute approximate surface area is 110 Å². The molecule has 1 aromatic heterocycles. The first kappa shape index (κ1) is 14.7. The van der Waals surface area contributed by atoms with Crippen molar-refractivity contribution < 1.29 is 4.74 Å². The molecule has 5 nitrogen and oxygen atoms in total. The smallest absolute Gasteiger partial charge is 0.234 e. The zero-order valence-electron chi connectivity index (χ0n) is 11.8. The second kappa shape index (κ2) is 7.87. The number of nitrogens with zero attached hydrogens (tertiary/aromatic N) is 3. The first-order chi connectivity index (χ1) is 8.63. The van der Waals surface area contributed by atoms with Gasteiger partial charge in [-0.1, -0.05) is 13.8 Å². The molecule has 0 saturated carbocycles. The van der Waals surface area contributed by atoms with Crippen molar-refractivity contribution in [2.24, 2.45) is 5.92 Å². The molecular formula is C13H24N4O. The average molecular weight is 252 g/mol. The first-order valence-corrected chi connectivity index (χ1v) is 6.50. The Morgan fingerprint density at radius 3 is 2.83 bits per heavy atom. The molecule has 0 radical (unpaired) electrons. The molecule has 0 unspecified atom stereocenters. The van der Waals surface area contributed by atoms with Gasteiger partial charge in [0, 0.05) is 20.1 Å². The van der Waals surface area contributed by atoms with Crippen LogP contribution < -0.4 is 15.0 Å². The molecule has 1 rings (SSSR count). The van der Waals surface area contributed by atoms with Crippen LogP contribution in [0.15, 0.2) is 12.4 Å². The number of hydrogen-bond acceptors (Lipinski definition) is 5. The summed E-state index contributed by atoms with van der Waals surface area (Å²) in [5.74, 6) is 2.10. The van der Waals surface area contributed by atoms with Crippen molar-refractivity contribution in [1.29, 1.82) is 0 Å². The maximum atomic E-state index is 5.34. The van der Waals surface area contributed by atoms with Crippen molar-refractivity contribution in [1.82, 2.24) is 15.3 Å². The fourth-order valence-corrected chi connectivity index (χ4v) is 1.49. The molecule has 1 heterocycles. The van der Waals surface area contributed by atoms with Crippen LogP contribution in [-0.4, -0.2) is 43.3 Å². The van der Waals surface area contributed by atoms with Crippen LogP contribution in [0.1, 0.15) is 20.8 Å². The van der Waals surface area contributed by atoms with Gasteiger partial charge in [0.15, 0.2) is 5.82 Å². The van der Waals surface area contributed by atoms with Crippen molar-refractivity contribution in [3.63, 3.8) is 0 Å². The van der Waals surface area contributed by atoms with Gasteiger partial charge in [0.2, 0.25) is 5.88 Å². The summed E-state index contributed by atoms with van der Waals surface area (Å²) in [6.45, 7) is 9.83. The minimum atomic E-state index is 0.581. The number of aromatic nitrogens is 2. The van der Waals surface area contributed by atoms with E-state index in [-0.39, 0.29) is 0 Å². The van der Waals surface area contributed by atoms with Crippen molar-refractivity contribution in [2.75, 3.05) is 38.2 Å². The Balaban J connectivity index is 2.40. The van der Waals surface area contributed by atoms with E-state index in [1.165, 1.54) is 0 Å². The lowest BCUT2D eigenvalue weighted by Gasteiger charge is -2.18. The number of ether oxygens (including phenoxy) is 1. The standard InChI is InChI=1S/C13H24N4O/c1-5-18-13-10-15-9-12(16-13)17(4)7-6-14-8-11(2)3/h9-11,14H,5-8H2,1-4H3. The summed E-state index contributed by atoms with van der Waals surface area (Å²) in [6.07, 6.45) is 3.39. The van der Waals surface area contributed by atoms with E-state index in [2.05, 4.69) is 34.0 Å². The molecule has 0 fully saturated rings. The molecule has 0 amide bonds. The van der Waals surface area contributed by atoms with Crippen LogP contribution in [0.2, 0.25) is 0 Å². The van der Waals surface area contributed by atoms with Gasteiger partial charge in [-0.3, -0.25) is 4.98 Å². The maximum Gasteiger partial charge on any atom is 0.234 e. The zero-order chi connectivity index (χ0) is 13.4. The summed E-state index contributed by atoms with van der Waals surface area (Å²) in [7, 11) is 2.01. The van der Waals surface area contributed by atoms with Gasteiger partial charge in [0.25, 0.3) is 0 Å². The largest absolute Gasteiger partial charge is 0.477 e. The topological polar surface area (TPSA) is 50.3 Å². The van der Waals surface area contributed by atoms with E-state index < -0.39 is 0 Å². The second-order valence-corrected chi connectivity index (χ2v) is 4.67. The van der Waals surface area contributed by atoms with Gasteiger partial charge in [-0.15, -0.1) is 0 Å². The Kier molecular flexibility index (Phi) is 6.43. The predicted octanol–water partition coefficient (Wildman–Crippen LogP) is 1.56. The third kappa shape index (κ3) is 5.31. The third-order valence-electron chi connectivity index (χ3n) is 2.46. The molecule has 1 aromatic rings. The van der Waals surface area contributed by atoms with Crippen LogP contribution in [0.25, 0.3) is 0 Å². The Morgan fingerprint density at radius 2 is 2.17 bits per heavy atom. The lowest BCUT2D eigenvalue weighted by atomic mass is 10.2. The number of nitrogens with one attached hydrogen (secondary N) is 1. The maximum absolute atomic E-state index is 5.34. The molecule has 5 heteroatoms. The Hall–Kier alpha value is -1.36. The highest BCUT2D eigenvalue weighted by atomic mass is 16.5. The Morgan fingerprint density at radius 1 is 1.39 bits per heavy atom. The number of rotatable bonds is 8. The SMILES string of the molecule is CCOc1cncc(N(C)CCNCC(C)C)n1. The van der Waals surface area contributed by atoms with Crippen molar-refractivity contribution in [3.8, 4) is 5.88 Å². The minimum Gasteiger partial charge on any atom is -0.477 e. The van der Waals surface area contributed by atoms with E-state index in [1.807, 2.05) is 14.0 Å². The van der Waals surface area contributed by atoms with Gasteiger partial charge in [-0.2, -0.15) is 4.98 Å². The van der Waals surface area contributed by atoms with E-state index in [0.29, 0.717) is 18.4 Å². The molecular weight excluding hydrogens is 228 g/mol. The summed E-state index contributed by atoms with van der Waals surface area (Å²) in [5.41, 5.74) is 0. The summed E-state index contributed by atoms with van der Waals surface area (Å²) < 4.78 is 5.34. The van der Waals surface area contributed by atoms with Gasteiger partial charge < -0.3 is 15.0 Å². The molecule has 0 aliphatic heterocycles. The highest BCUT2D eigenvalue weighted by Gasteiger charge is 2.04. The van der Waals surface area contributed by atoms with E-state index in [1.54, 1.807) is 12.4 Å². The van der Waals surface area contributed by atoms with Gasteiger partial charge >= 0.3 is 0 Å². The molecule has 1 N–H and O–H groups in total.